The Hall–Kier alpha value is -4.11. The number of carbonyl (C=O) groups is 1. The molecule has 38 heavy (non-hydrogen) atoms. The number of nitrogens with zero attached hydrogens (tertiary/aromatic N) is 6. The fourth-order valence-electron chi connectivity index (χ4n) is 4.32. The number of ether oxygens (including phenoxy) is 1. The number of amides is 1. The molecule has 13 heteroatoms. The Morgan fingerprint density at radius 1 is 1.29 bits per heavy atom. The van der Waals surface area contributed by atoms with Crippen LogP contribution in [0.25, 0.3) is 10.9 Å². The lowest BCUT2D eigenvalue weighted by molar-refractivity contribution is 0.0495. The molecule has 4 rings (SSSR count). The molecule has 2 aromatic heterocycles. The van der Waals surface area contributed by atoms with Crippen molar-refractivity contribution < 1.29 is 9.53 Å². The number of alkyl carbamates (subject to hydrolysis) is 1. The zero-order valence-electron chi connectivity index (χ0n) is 21.7. The van der Waals surface area contributed by atoms with Crippen LogP contribution in [0.1, 0.15) is 58.0 Å². The van der Waals surface area contributed by atoms with E-state index in [4.69, 9.17) is 27.1 Å². The summed E-state index contributed by atoms with van der Waals surface area (Å²) in [5.74, 6) is 0.691. The fourth-order valence-corrected chi connectivity index (χ4v) is 4.58. The van der Waals surface area contributed by atoms with E-state index in [2.05, 4.69) is 20.6 Å². The van der Waals surface area contributed by atoms with E-state index in [0.29, 0.717) is 47.7 Å². The maximum atomic E-state index is 13.8. The summed E-state index contributed by atoms with van der Waals surface area (Å²) < 4.78 is 6.89. The van der Waals surface area contributed by atoms with Crippen LogP contribution in [0.4, 0.5) is 16.4 Å². The number of nitrogens with two attached hydrogens (primary N) is 1. The molecule has 0 bridgehead atoms. The van der Waals surface area contributed by atoms with Crippen LogP contribution in [0.2, 0.25) is 5.02 Å². The average Bonchev–Trinajstić information content (AvgIpc) is 2.83. The van der Waals surface area contributed by atoms with Crippen molar-refractivity contribution in [2.75, 3.05) is 29.1 Å². The predicted octanol–water partition coefficient (Wildman–Crippen LogP) is 3.09. The summed E-state index contributed by atoms with van der Waals surface area (Å²) >= 11 is 6.41. The van der Waals surface area contributed by atoms with Crippen LogP contribution in [-0.4, -0.2) is 50.5 Å². The van der Waals surface area contributed by atoms with Crippen molar-refractivity contribution in [2.45, 2.75) is 58.2 Å². The Balaban J connectivity index is 1.66. The predicted molar refractivity (Wildman–Crippen MR) is 145 cm³/mol. The minimum atomic E-state index is -0.591. The maximum Gasteiger partial charge on any atom is 0.407 e. The number of fused-ring (bicyclic) bond motifs is 1. The number of halogens is 1. The van der Waals surface area contributed by atoms with Crippen molar-refractivity contribution in [3.63, 3.8) is 0 Å². The molecule has 0 aliphatic carbocycles. The highest BCUT2D eigenvalue weighted by molar-refractivity contribution is 6.35. The molecule has 1 amide bonds. The van der Waals surface area contributed by atoms with Crippen LogP contribution < -0.4 is 26.9 Å². The van der Waals surface area contributed by atoms with Crippen molar-refractivity contribution in [3.05, 3.63) is 51.3 Å². The zero-order valence-corrected chi connectivity index (χ0v) is 22.4. The molecule has 1 atom stereocenters. The Morgan fingerprint density at radius 3 is 2.66 bits per heavy atom. The molecule has 0 radical (unpaired) electrons. The average molecular weight is 540 g/mol. The molecule has 3 heterocycles. The molecule has 1 fully saturated rings. The molecule has 1 saturated heterocycles. The molecular formula is C25H30ClN9O3. The van der Waals surface area contributed by atoms with Gasteiger partial charge in [0.25, 0.3) is 5.56 Å². The van der Waals surface area contributed by atoms with Crippen LogP contribution in [0.3, 0.4) is 0 Å². The van der Waals surface area contributed by atoms with Gasteiger partial charge in [0.15, 0.2) is 5.82 Å². The summed E-state index contributed by atoms with van der Waals surface area (Å²) in [7, 11) is 0. The summed E-state index contributed by atoms with van der Waals surface area (Å²) in [5, 5.41) is 18.1. The van der Waals surface area contributed by atoms with Crippen molar-refractivity contribution in [3.8, 4) is 6.07 Å². The Bertz CT molecular complexity index is 1450. The van der Waals surface area contributed by atoms with Gasteiger partial charge in [0.05, 0.1) is 22.0 Å². The SMILES string of the molecule is C[C@H](Nc1ncnc(N)c1C#N)c1nc2cccc(Cl)c2c(=O)n1N1CCC(NC(=O)OC(C)(C)C)CC1. The van der Waals surface area contributed by atoms with Crippen molar-refractivity contribution in [1.29, 1.82) is 5.26 Å². The summed E-state index contributed by atoms with van der Waals surface area (Å²) in [6, 6.07) is 6.46. The van der Waals surface area contributed by atoms with Crippen LogP contribution in [-0.2, 0) is 4.74 Å². The van der Waals surface area contributed by atoms with Crippen LogP contribution in [0.5, 0.6) is 0 Å². The van der Waals surface area contributed by atoms with E-state index in [-0.39, 0.29) is 28.8 Å². The highest BCUT2D eigenvalue weighted by Crippen LogP contribution is 2.25. The van der Waals surface area contributed by atoms with E-state index in [1.807, 2.05) is 38.8 Å². The lowest BCUT2D eigenvalue weighted by atomic mass is 10.1. The molecule has 200 valence electrons. The van der Waals surface area contributed by atoms with Crippen molar-refractivity contribution in [1.82, 2.24) is 24.9 Å². The molecule has 1 aliphatic rings. The van der Waals surface area contributed by atoms with Gasteiger partial charge in [-0.1, -0.05) is 17.7 Å². The number of nitrogens with one attached hydrogen (secondary N) is 2. The summed E-state index contributed by atoms with van der Waals surface area (Å²) in [6.07, 6.45) is 1.97. The van der Waals surface area contributed by atoms with E-state index >= 15 is 0 Å². The van der Waals surface area contributed by atoms with Crippen LogP contribution in [0, 0.1) is 11.3 Å². The second kappa shape index (κ2) is 10.7. The fraction of sp³-hybridized carbons (Fsp3) is 0.440. The second-order valence-corrected chi connectivity index (χ2v) is 10.5. The highest BCUT2D eigenvalue weighted by Gasteiger charge is 2.28. The first-order valence-electron chi connectivity index (χ1n) is 12.2. The van der Waals surface area contributed by atoms with Gasteiger partial charge in [0.1, 0.15) is 35.2 Å². The van der Waals surface area contributed by atoms with E-state index in [9.17, 15) is 14.9 Å². The molecule has 1 aromatic carbocycles. The van der Waals surface area contributed by atoms with Gasteiger partial charge in [-0.2, -0.15) is 5.26 Å². The molecule has 3 aromatic rings. The topological polar surface area (TPSA) is 164 Å². The standard InChI is InChI=1S/C25H30ClN9O3/c1-14(31-21-16(12-27)20(28)29-13-30-21)22-33-18-7-5-6-17(26)19(18)23(36)35(22)34-10-8-15(9-11-34)32-24(37)38-25(2,3)4/h5-7,13-15H,8-11H2,1-4H3,(H,32,37)(H3,28,29,30,31)/t14-/m0/s1. The number of hydrogen-bond acceptors (Lipinski definition) is 10. The van der Waals surface area contributed by atoms with Gasteiger partial charge in [-0.05, 0) is 52.7 Å². The summed E-state index contributed by atoms with van der Waals surface area (Å²) in [4.78, 5) is 38.8. The van der Waals surface area contributed by atoms with E-state index < -0.39 is 17.7 Å². The monoisotopic (exact) mass is 539 g/mol. The normalized spacial score (nSPS) is 15.1. The highest BCUT2D eigenvalue weighted by atomic mass is 35.5. The first kappa shape index (κ1) is 26.9. The smallest absolute Gasteiger partial charge is 0.407 e. The molecular weight excluding hydrogens is 510 g/mol. The number of rotatable bonds is 5. The van der Waals surface area contributed by atoms with Crippen LogP contribution in [0.15, 0.2) is 29.3 Å². The Morgan fingerprint density at radius 2 is 2.00 bits per heavy atom. The molecule has 0 unspecified atom stereocenters. The van der Waals surface area contributed by atoms with E-state index in [0.717, 1.165) is 0 Å². The quantitative estimate of drug-likeness (QED) is 0.438. The van der Waals surface area contributed by atoms with Crippen molar-refractivity contribution in [2.24, 2.45) is 0 Å². The number of aromatic nitrogens is 4. The van der Waals surface area contributed by atoms with E-state index in [1.54, 1.807) is 18.2 Å². The third-order valence-electron chi connectivity index (χ3n) is 6.05. The second-order valence-electron chi connectivity index (χ2n) is 10.1. The number of nitriles is 1. The van der Waals surface area contributed by atoms with Gasteiger partial charge < -0.3 is 26.1 Å². The van der Waals surface area contributed by atoms with Crippen LogP contribution >= 0.6 is 11.6 Å². The molecule has 1 aliphatic heterocycles. The number of anilines is 2. The molecule has 4 N–H and O–H groups in total. The maximum absolute atomic E-state index is 13.8. The van der Waals surface area contributed by atoms with Gasteiger partial charge in [0, 0.05) is 19.1 Å². The molecule has 0 spiro atoms. The van der Waals surface area contributed by atoms with Gasteiger partial charge >= 0.3 is 6.09 Å². The third-order valence-corrected chi connectivity index (χ3v) is 6.37. The zero-order chi connectivity index (χ0) is 27.6. The lowest BCUT2D eigenvalue weighted by Crippen LogP contribution is -2.53. The molecule has 12 nitrogen and oxygen atoms in total. The summed E-state index contributed by atoms with van der Waals surface area (Å²) in [6.45, 7) is 8.19. The summed E-state index contributed by atoms with van der Waals surface area (Å²) in [5.41, 5.74) is 5.49. The largest absolute Gasteiger partial charge is 0.444 e. The first-order valence-corrected chi connectivity index (χ1v) is 12.6. The number of benzene rings is 1. The van der Waals surface area contributed by atoms with Gasteiger partial charge in [-0.15, -0.1) is 0 Å². The van der Waals surface area contributed by atoms with Gasteiger partial charge in [-0.25, -0.2) is 24.4 Å². The molecule has 0 saturated carbocycles. The Kier molecular flexibility index (Phi) is 7.59. The third kappa shape index (κ3) is 5.73. The minimum absolute atomic E-state index is 0.0485. The minimum Gasteiger partial charge on any atom is -0.444 e. The number of nitrogen functional groups attached to an aromatic ring is 1. The number of carbonyl (C=O) groups excluding carboxylic acids is 1. The van der Waals surface area contributed by atoms with Gasteiger partial charge in [-0.3, -0.25) is 4.79 Å². The Labute approximate surface area is 224 Å². The van der Waals surface area contributed by atoms with Gasteiger partial charge in [0.2, 0.25) is 0 Å². The first-order chi connectivity index (χ1) is 18.0. The van der Waals surface area contributed by atoms with E-state index in [1.165, 1.54) is 11.0 Å². The number of hydrogen-bond donors (Lipinski definition) is 3. The number of piperidine rings is 1. The lowest BCUT2D eigenvalue weighted by Gasteiger charge is -2.36. The van der Waals surface area contributed by atoms with Crippen molar-refractivity contribution >= 4 is 40.2 Å².